The van der Waals surface area contributed by atoms with E-state index in [0.717, 1.165) is 29.3 Å². The molecule has 2 nitrogen and oxygen atoms in total. The molecule has 0 saturated heterocycles. The summed E-state index contributed by atoms with van der Waals surface area (Å²) in [6, 6.07) is 5.29. The van der Waals surface area contributed by atoms with Crippen molar-refractivity contribution >= 4 is 33.4 Å². The first-order valence-electron chi connectivity index (χ1n) is 7.29. The summed E-state index contributed by atoms with van der Waals surface area (Å²) in [5.41, 5.74) is 0.621. The highest BCUT2D eigenvalue weighted by Crippen LogP contribution is 2.30. The molecule has 0 atom stereocenters. The SMILES string of the molecule is CC1CCC(CCNC(=O)c2ccc(Br)c(Cl)c2)CC1. The van der Waals surface area contributed by atoms with Crippen molar-refractivity contribution in [1.82, 2.24) is 5.32 Å². The van der Waals surface area contributed by atoms with E-state index in [4.69, 9.17) is 11.6 Å². The minimum absolute atomic E-state index is 0.0384. The molecule has 1 aromatic rings. The highest BCUT2D eigenvalue weighted by molar-refractivity contribution is 9.10. The molecule has 1 saturated carbocycles. The lowest BCUT2D eigenvalue weighted by Crippen LogP contribution is -2.26. The molecule has 0 unspecified atom stereocenters. The van der Waals surface area contributed by atoms with Gasteiger partial charge in [0.2, 0.25) is 0 Å². The number of carbonyl (C=O) groups is 1. The summed E-state index contributed by atoms with van der Waals surface area (Å²) in [5, 5.41) is 3.56. The van der Waals surface area contributed by atoms with Crippen molar-refractivity contribution in [2.24, 2.45) is 11.8 Å². The van der Waals surface area contributed by atoms with Crippen LogP contribution in [0.4, 0.5) is 0 Å². The average molecular weight is 359 g/mol. The molecular formula is C16H21BrClNO. The molecule has 1 aromatic carbocycles. The minimum Gasteiger partial charge on any atom is -0.352 e. The van der Waals surface area contributed by atoms with Gasteiger partial charge >= 0.3 is 0 Å². The van der Waals surface area contributed by atoms with Crippen molar-refractivity contribution in [2.45, 2.75) is 39.0 Å². The normalized spacial score (nSPS) is 22.6. The first-order valence-corrected chi connectivity index (χ1v) is 8.46. The van der Waals surface area contributed by atoms with Gasteiger partial charge in [-0.15, -0.1) is 0 Å². The third-order valence-corrected chi connectivity index (χ3v) is 5.39. The predicted octanol–water partition coefficient (Wildman–Crippen LogP) is 5.05. The molecule has 2 rings (SSSR count). The number of rotatable bonds is 4. The van der Waals surface area contributed by atoms with Crippen LogP contribution in [0, 0.1) is 11.8 Å². The molecule has 1 aliphatic rings. The summed E-state index contributed by atoms with van der Waals surface area (Å²) in [6.45, 7) is 3.08. The number of nitrogens with one attached hydrogen (secondary N) is 1. The number of carbonyl (C=O) groups excluding carboxylic acids is 1. The standard InChI is InChI=1S/C16H21BrClNO/c1-11-2-4-12(5-3-11)8-9-19-16(20)13-6-7-14(17)15(18)10-13/h6-7,10-12H,2-5,8-9H2,1H3,(H,19,20). The van der Waals surface area contributed by atoms with Gasteiger partial charge in [0.05, 0.1) is 5.02 Å². The van der Waals surface area contributed by atoms with E-state index in [2.05, 4.69) is 28.2 Å². The number of amides is 1. The first kappa shape index (κ1) is 15.8. The van der Waals surface area contributed by atoms with Crippen LogP contribution in [0.15, 0.2) is 22.7 Å². The molecule has 0 spiro atoms. The molecule has 0 aromatic heterocycles. The first-order chi connectivity index (χ1) is 9.56. The van der Waals surface area contributed by atoms with Crippen molar-refractivity contribution in [3.05, 3.63) is 33.3 Å². The van der Waals surface area contributed by atoms with E-state index in [1.807, 2.05) is 0 Å². The van der Waals surface area contributed by atoms with Crippen molar-refractivity contribution in [1.29, 1.82) is 0 Å². The Morgan fingerprint density at radius 3 is 2.70 bits per heavy atom. The van der Waals surface area contributed by atoms with Crippen LogP contribution in [-0.2, 0) is 0 Å². The molecule has 110 valence electrons. The van der Waals surface area contributed by atoms with Crippen LogP contribution in [0.25, 0.3) is 0 Å². The van der Waals surface area contributed by atoms with Crippen LogP contribution in [0.3, 0.4) is 0 Å². The molecule has 20 heavy (non-hydrogen) atoms. The summed E-state index contributed by atoms with van der Waals surface area (Å²) in [4.78, 5) is 12.0. The highest BCUT2D eigenvalue weighted by atomic mass is 79.9. The molecule has 1 fully saturated rings. The van der Waals surface area contributed by atoms with Crippen LogP contribution in [-0.4, -0.2) is 12.5 Å². The summed E-state index contributed by atoms with van der Waals surface area (Å²) in [6.07, 6.45) is 6.37. The molecule has 0 heterocycles. The molecule has 1 aliphatic carbocycles. The fourth-order valence-corrected chi connectivity index (χ4v) is 3.17. The third-order valence-electron chi connectivity index (χ3n) is 4.16. The van der Waals surface area contributed by atoms with E-state index < -0.39 is 0 Å². The van der Waals surface area contributed by atoms with Gasteiger partial charge in [0.25, 0.3) is 5.91 Å². The lowest BCUT2D eigenvalue weighted by Gasteiger charge is -2.26. The minimum atomic E-state index is -0.0384. The van der Waals surface area contributed by atoms with Gasteiger partial charge in [0, 0.05) is 16.6 Å². The molecule has 1 N–H and O–H groups in total. The van der Waals surface area contributed by atoms with Gasteiger partial charge < -0.3 is 5.32 Å². The van der Waals surface area contributed by atoms with Crippen molar-refractivity contribution in [3.63, 3.8) is 0 Å². The van der Waals surface area contributed by atoms with Crippen molar-refractivity contribution in [2.75, 3.05) is 6.54 Å². The van der Waals surface area contributed by atoms with Crippen LogP contribution < -0.4 is 5.32 Å². The summed E-state index contributed by atoms with van der Waals surface area (Å²) in [5.74, 6) is 1.62. The molecule has 1 amide bonds. The van der Waals surface area contributed by atoms with E-state index >= 15 is 0 Å². The highest BCUT2D eigenvalue weighted by Gasteiger charge is 2.18. The topological polar surface area (TPSA) is 29.1 Å². The summed E-state index contributed by atoms with van der Waals surface area (Å²) < 4.78 is 0.812. The lowest BCUT2D eigenvalue weighted by molar-refractivity contribution is 0.0949. The molecular weight excluding hydrogens is 338 g/mol. The quantitative estimate of drug-likeness (QED) is 0.802. The Labute approximate surface area is 134 Å². The zero-order valence-electron chi connectivity index (χ0n) is 11.8. The fourth-order valence-electron chi connectivity index (χ4n) is 2.75. The maximum absolute atomic E-state index is 12.0. The Morgan fingerprint density at radius 2 is 2.05 bits per heavy atom. The van der Waals surface area contributed by atoms with Gasteiger partial charge in [-0.25, -0.2) is 0 Å². The van der Waals surface area contributed by atoms with Gasteiger partial charge in [-0.2, -0.15) is 0 Å². The van der Waals surface area contributed by atoms with Gasteiger partial charge in [0.1, 0.15) is 0 Å². The van der Waals surface area contributed by atoms with E-state index in [0.29, 0.717) is 10.6 Å². The summed E-state index contributed by atoms with van der Waals surface area (Å²) in [7, 11) is 0. The van der Waals surface area contributed by atoms with Gasteiger partial charge in [-0.05, 0) is 52.4 Å². The number of halogens is 2. The largest absolute Gasteiger partial charge is 0.352 e. The number of hydrogen-bond donors (Lipinski definition) is 1. The zero-order chi connectivity index (χ0) is 14.5. The monoisotopic (exact) mass is 357 g/mol. The van der Waals surface area contributed by atoms with Crippen LogP contribution in [0.5, 0.6) is 0 Å². The lowest BCUT2D eigenvalue weighted by atomic mass is 9.81. The van der Waals surface area contributed by atoms with Crippen LogP contribution in [0.1, 0.15) is 49.4 Å². The average Bonchev–Trinajstić information content (AvgIpc) is 2.44. The summed E-state index contributed by atoms with van der Waals surface area (Å²) >= 11 is 9.32. The van der Waals surface area contributed by atoms with Crippen LogP contribution >= 0.6 is 27.5 Å². The smallest absolute Gasteiger partial charge is 0.251 e. The maximum atomic E-state index is 12.0. The van der Waals surface area contributed by atoms with Crippen molar-refractivity contribution in [3.8, 4) is 0 Å². The Kier molecular flexibility index (Phi) is 5.91. The number of hydrogen-bond acceptors (Lipinski definition) is 1. The van der Waals surface area contributed by atoms with Crippen LogP contribution in [0.2, 0.25) is 5.02 Å². The van der Waals surface area contributed by atoms with Gasteiger partial charge in [0.15, 0.2) is 0 Å². The Bertz CT molecular complexity index is 470. The van der Waals surface area contributed by atoms with E-state index in [9.17, 15) is 4.79 Å². The second-order valence-corrected chi connectivity index (χ2v) is 7.06. The molecule has 4 heteroatoms. The zero-order valence-corrected chi connectivity index (χ0v) is 14.1. The Balaban J connectivity index is 1.76. The Hall–Kier alpha value is -0.540. The fraction of sp³-hybridized carbons (Fsp3) is 0.562. The van der Waals surface area contributed by atoms with Crippen molar-refractivity contribution < 1.29 is 4.79 Å². The molecule has 0 radical (unpaired) electrons. The maximum Gasteiger partial charge on any atom is 0.251 e. The predicted molar refractivity (Wildman–Crippen MR) is 87.2 cm³/mol. The third kappa shape index (κ3) is 4.49. The Morgan fingerprint density at radius 1 is 1.35 bits per heavy atom. The molecule has 0 bridgehead atoms. The second-order valence-electron chi connectivity index (χ2n) is 5.80. The van der Waals surface area contributed by atoms with E-state index in [1.165, 1.54) is 25.7 Å². The van der Waals surface area contributed by atoms with E-state index in [1.54, 1.807) is 18.2 Å². The number of benzene rings is 1. The van der Waals surface area contributed by atoms with Gasteiger partial charge in [-0.1, -0.05) is 44.2 Å². The molecule has 0 aliphatic heterocycles. The van der Waals surface area contributed by atoms with E-state index in [-0.39, 0.29) is 5.91 Å². The second kappa shape index (κ2) is 7.46. The van der Waals surface area contributed by atoms with Gasteiger partial charge in [-0.3, -0.25) is 4.79 Å².